The molecule has 1 aromatic heterocycles. The second-order valence-corrected chi connectivity index (χ2v) is 5.11. The molecule has 0 aliphatic heterocycles. The van der Waals surface area contributed by atoms with Crippen LogP contribution in [0.25, 0.3) is 22.1 Å². The predicted molar refractivity (Wildman–Crippen MR) is 82.3 cm³/mol. The molecule has 3 rings (SSSR count). The molecule has 3 heteroatoms. The van der Waals surface area contributed by atoms with E-state index in [1.54, 1.807) is 12.1 Å². The summed E-state index contributed by atoms with van der Waals surface area (Å²) in [5.74, 6) is 0. The van der Waals surface area contributed by atoms with Gasteiger partial charge < -0.3 is 4.42 Å². The van der Waals surface area contributed by atoms with Crippen molar-refractivity contribution >= 4 is 22.6 Å². The van der Waals surface area contributed by atoms with Gasteiger partial charge >= 0.3 is 0 Å². The first-order valence-electron chi connectivity index (χ1n) is 6.49. The Labute approximate surface area is 121 Å². The van der Waals surface area contributed by atoms with E-state index in [4.69, 9.17) is 16.0 Å². The summed E-state index contributed by atoms with van der Waals surface area (Å²) >= 11 is 5.87. The van der Waals surface area contributed by atoms with E-state index in [1.165, 1.54) is 6.26 Å². The average Bonchev–Trinajstić information content (AvgIpc) is 2.49. The third kappa shape index (κ3) is 2.23. The Morgan fingerprint density at radius 1 is 1.10 bits per heavy atom. The number of fused-ring (bicyclic) bond motifs is 1. The van der Waals surface area contributed by atoms with Crippen molar-refractivity contribution in [2.45, 2.75) is 13.3 Å². The molecular formula is C17H13ClO2. The summed E-state index contributed by atoms with van der Waals surface area (Å²) in [6.45, 7) is 2.06. The molecule has 0 radical (unpaired) electrons. The van der Waals surface area contributed by atoms with Gasteiger partial charge in [0.15, 0.2) is 5.43 Å². The lowest BCUT2D eigenvalue weighted by molar-refractivity contribution is 0.604. The van der Waals surface area contributed by atoms with Gasteiger partial charge in [-0.25, -0.2) is 0 Å². The number of halogens is 1. The molecule has 2 nitrogen and oxygen atoms in total. The SMILES string of the molecule is CCc1ccc2occ(-c3ccc(Cl)cc3)c(=O)c2c1. The van der Waals surface area contributed by atoms with Crippen LogP contribution in [0.2, 0.25) is 5.02 Å². The van der Waals surface area contributed by atoms with E-state index in [9.17, 15) is 4.79 Å². The second-order valence-electron chi connectivity index (χ2n) is 4.67. The molecular weight excluding hydrogens is 272 g/mol. The van der Waals surface area contributed by atoms with Gasteiger partial charge in [0.25, 0.3) is 0 Å². The maximum Gasteiger partial charge on any atom is 0.200 e. The molecule has 0 unspecified atom stereocenters. The fraction of sp³-hybridized carbons (Fsp3) is 0.118. The highest BCUT2D eigenvalue weighted by atomic mass is 35.5. The Kier molecular flexibility index (Phi) is 3.33. The first-order chi connectivity index (χ1) is 9.69. The lowest BCUT2D eigenvalue weighted by Crippen LogP contribution is -2.05. The summed E-state index contributed by atoms with van der Waals surface area (Å²) in [6, 6.07) is 12.9. The Balaban J connectivity index is 2.24. The van der Waals surface area contributed by atoms with Crippen molar-refractivity contribution in [2.75, 3.05) is 0 Å². The minimum absolute atomic E-state index is 0.0103. The number of hydrogen-bond acceptors (Lipinski definition) is 2. The summed E-state index contributed by atoms with van der Waals surface area (Å²) < 4.78 is 5.57. The van der Waals surface area contributed by atoms with Crippen LogP contribution in [0.3, 0.4) is 0 Å². The van der Waals surface area contributed by atoms with Gasteiger partial charge in [-0.15, -0.1) is 0 Å². The molecule has 20 heavy (non-hydrogen) atoms. The van der Waals surface area contributed by atoms with E-state index in [2.05, 4.69) is 6.92 Å². The van der Waals surface area contributed by atoms with Gasteiger partial charge in [-0.05, 0) is 41.8 Å². The third-order valence-corrected chi connectivity index (χ3v) is 3.65. The molecule has 3 aromatic rings. The topological polar surface area (TPSA) is 30.2 Å². The molecule has 100 valence electrons. The van der Waals surface area contributed by atoms with Crippen LogP contribution >= 0.6 is 11.6 Å². The summed E-state index contributed by atoms with van der Waals surface area (Å²) in [7, 11) is 0. The van der Waals surface area contributed by atoms with Crippen molar-refractivity contribution < 1.29 is 4.42 Å². The highest BCUT2D eigenvalue weighted by molar-refractivity contribution is 6.30. The van der Waals surface area contributed by atoms with E-state index in [0.717, 1.165) is 17.5 Å². The van der Waals surface area contributed by atoms with E-state index in [0.29, 0.717) is 21.6 Å². The van der Waals surface area contributed by atoms with E-state index >= 15 is 0 Å². The number of aryl methyl sites for hydroxylation is 1. The molecule has 0 aliphatic rings. The van der Waals surface area contributed by atoms with Crippen LogP contribution in [-0.4, -0.2) is 0 Å². The maximum atomic E-state index is 12.6. The normalized spacial score (nSPS) is 10.9. The van der Waals surface area contributed by atoms with E-state index < -0.39 is 0 Å². The van der Waals surface area contributed by atoms with Gasteiger partial charge in [0.2, 0.25) is 0 Å². The van der Waals surface area contributed by atoms with Crippen molar-refractivity contribution in [3.05, 3.63) is 69.5 Å². The van der Waals surface area contributed by atoms with Crippen LogP contribution in [0.4, 0.5) is 0 Å². The van der Waals surface area contributed by atoms with Crippen LogP contribution in [0.5, 0.6) is 0 Å². The molecule has 0 saturated carbocycles. The molecule has 0 bridgehead atoms. The molecule has 0 aliphatic carbocycles. The second kappa shape index (κ2) is 5.14. The van der Waals surface area contributed by atoms with Crippen molar-refractivity contribution in [1.29, 1.82) is 0 Å². The van der Waals surface area contributed by atoms with Gasteiger partial charge in [0, 0.05) is 5.02 Å². The van der Waals surface area contributed by atoms with E-state index in [-0.39, 0.29) is 5.43 Å². The van der Waals surface area contributed by atoms with Gasteiger partial charge in [-0.3, -0.25) is 4.79 Å². The zero-order valence-corrected chi connectivity index (χ0v) is 11.8. The first-order valence-corrected chi connectivity index (χ1v) is 6.87. The molecule has 0 spiro atoms. The third-order valence-electron chi connectivity index (χ3n) is 3.40. The average molecular weight is 285 g/mol. The van der Waals surface area contributed by atoms with Crippen molar-refractivity contribution in [3.8, 4) is 11.1 Å². The Hall–Kier alpha value is -2.06. The standard InChI is InChI=1S/C17H13ClO2/c1-2-11-3-8-16-14(9-11)17(19)15(10-20-16)12-4-6-13(18)7-5-12/h3-10H,2H2,1H3. The monoisotopic (exact) mass is 284 g/mol. The minimum Gasteiger partial charge on any atom is -0.463 e. The van der Waals surface area contributed by atoms with Crippen LogP contribution < -0.4 is 5.43 Å². The lowest BCUT2D eigenvalue weighted by Gasteiger charge is -2.04. The molecule has 0 saturated heterocycles. The number of hydrogen-bond donors (Lipinski definition) is 0. The molecule has 1 heterocycles. The predicted octanol–water partition coefficient (Wildman–Crippen LogP) is 4.68. The van der Waals surface area contributed by atoms with Gasteiger partial charge in [0.05, 0.1) is 10.9 Å². The van der Waals surface area contributed by atoms with Crippen LogP contribution in [0.15, 0.2) is 57.9 Å². The van der Waals surface area contributed by atoms with E-state index in [1.807, 2.05) is 30.3 Å². The maximum absolute atomic E-state index is 12.6. The molecule has 0 amide bonds. The van der Waals surface area contributed by atoms with Crippen LogP contribution in [0.1, 0.15) is 12.5 Å². The highest BCUT2D eigenvalue weighted by Gasteiger charge is 2.09. The number of rotatable bonds is 2. The summed E-state index contributed by atoms with van der Waals surface area (Å²) in [4.78, 5) is 12.6. The Bertz CT molecular complexity index is 817. The number of benzene rings is 2. The van der Waals surface area contributed by atoms with Crippen LogP contribution in [-0.2, 0) is 6.42 Å². The highest BCUT2D eigenvalue weighted by Crippen LogP contribution is 2.22. The van der Waals surface area contributed by atoms with Gasteiger partial charge in [0.1, 0.15) is 11.8 Å². The first kappa shape index (κ1) is 12.9. The molecule has 0 atom stereocenters. The summed E-state index contributed by atoms with van der Waals surface area (Å²) in [5, 5.41) is 1.27. The minimum atomic E-state index is -0.0103. The van der Waals surface area contributed by atoms with Crippen molar-refractivity contribution in [3.63, 3.8) is 0 Å². The molecule has 0 N–H and O–H groups in total. The Morgan fingerprint density at radius 3 is 2.55 bits per heavy atom. The fourth-order valence-electron chi connectivity index (χ4n) is 2.23. The fourth-order valence-corrected chi connectivity index (χ4v) is 2.35. The zero-order chi connectivity index (χ0) is 14.1. The largest absolute Gasteiger partial charge is 0.463 e. The van der Waals surface area contributed by atoms with Gasteiger partial charge in [-0.1, -0.05) is 36.7 Å². The van der Waals surface area contributed by atoms with Crippen molar-refractivity contribution in [2.24, 2.45) is 0 Å². The summed E-state index contributed by atoms with van der Waals surface area (Å²) in [6.07, 6.45) is 2.40. The smallest absolute Gasteiger partial charge is 0.200 e. The van der Waals surface area contributed by atoms with Gasteiger partial charge in [-0.2, -0.15) is 0 Å². The van der Waals surface area contributed by atoms with Crippen molar-refractivity contribution in [1.82, 2.24) is 0 Å². The van der Waals surface area contributed by atoms with Crippen LogP contribution in [0, 0.1) is 0 Å². The Morgan fingerprint density at radius 2 is 1.85 bits per heavy atom. The molecule has 0 fully saturated rings. The molecule has 2 aromatic carbocycles. The zero-order valence-electron chi connectivity index (χ0n) is 11.0. The lowest BCUT2D eigenvalue weighted by atomic mass is 10.0. The summed E-state index contributed by atoms with van der Waals surface area (Å²) in [5.41, 5.74) is 3.10. The quantitative estimate of drug-likeness (QED) is 0.684.